The Morgan fingerprint density at radius 3 is 2.06 bits per heavy atom. The Morgan fingerprint density at radius 2 is 1.75 bits per heavy atom. The van der Waals surface area contributed by atoms with Gasteiger partial charge in [-0.05, 0) is 31.7 Å². The summed E-state index contributed by atoms with van der Waals surface area (Å²) in [7, 11) is -2.24. The molecular weight excluding hydrogens is 223 g/mol. The van der Waals surface area contributed by atoms with Crippen LogP contribution >= 0.6 is 7.14 Å². The summed E-state index contributed by atoms with van der Waals surface area (Å²) in [6.45, 7) is 3.43. The highest BCUT2D eigenvalue weighted by atomic mass is 31.2. The van der Waals surface area contributed by atoms with E-state index in [1.807, 2.05) is 0 Å². The van der Waals surface area contributed by atoms with Crippen molar-refractivity contribution in [3.63, 3.8) is 0 Å². The van der Waals surface area contributed by atoms with Crippen LogP contribution in [0, 0.1) is 0 Å². The first-order chi connectivity index (χ1) is 7.36. The van der Waals surface area contributed by atoms with E-state index in [0.717, 1.165) is 10.9 Å². The fraction of sp³-hybridized carbons (Fsp3) is 0.417. The monoisotopic (exact) mass is 238 g/mol. The second kappa shape index (κ2) is 3.46. The van der Waals surface area contributed by atoms with E-state index in [1.54, 1.807) is 37.6 Å². The number of hydrogen-bond acceptors (Lipinski definition) is 2. The normalized spacial score (nSPS) is 18.1. The van der Waals surface area contributed by atoms with Crippen LogP contribution in [0.1, 0.15) is 18.4 Å². The maximum Gasteiger partial charge on any atom is 0.314 e. The fourth-order valence-corrected chi connectivity index (χ4v) is 2.76. The van der Waals surface area contributed by atoms with Gasteiger partial charge in [-0.25, -0.2) is 0 Å². The SMILES string of the molecule is CP(C)(=O)c1ccc(C2(C(=O)O)CC2)cc1. The van der Waals surface area contributed by atoms with E-state index in [0.29, 0.717) is 12.8 Å². The van der Waals surface area contributed by atoms with Gasteiger partial charge in [-0.1, -0.05) is 24.3 Å². The zero-order chi connectivity index (χ0) is 12.0. The van der Waals surface area contributed by atoms with Crippen molar-refractivity contribution in [3.05, 3.63) is 29.8 Å². The Hall–Kier alpha value is -1.08. The van der Waals surface area contributed by atoms with Crippen molar-refractivity contribution in [3.8, 4) is 0 Å². The van der Waals surface area contributed by atoms with Crippen molar-refractivity contribution < 1.29 is 14.5 Å². The number of carboxylic acids is 1. The van der Waals surface area contributed by atoms with Gasteiger partial charge in [-0.2, -0.15) is 0 Å². The minimum atomic E-state index is -2.24. The van der Waals surface area contributed by atoms with Crippen molar-refractivity contribution in [1.82, 2.24) is 0 Å². The minimum absolute atomic E-state index is 0.663. The van der Waals surface area contributed by atoms with Crippen LogP contribution in [0.15, 0.2) is 24.3 Å². The summed E-state index contributed by atoms with van der Waals surface area (Å²) in [5.41, 5.74) is 0.168. The summed E-state index contributed by atoms with van der Waals surface area (Å²) in [6, 6.07) is 7.18. The summed E-state index contributed by atoms with van der Waals surface area (Å²) in [5, 5.41) is 9.93. The molecule has 0 aliphatic heterocycles. The highest BCUT2D eigenvalue weighted by Gasteiger charge is 2.51. The van der Waals surface area contributed by atoms with Gasteiger partial charge in [-0.3, -0.25) is 4.79 Å². The fourth-order valence-electron chi connectivity index (χ4n) is 1.89. The van der Waals surface area contributed by atoms with Crippen molar-refractivity contribution in [2.75, 3.05) is 13.3 Å². The lowest BCUT2D eigenvalue weighted by molar-refractivity contribution is -0.140. The summed E-state index contributed by atoms with van der Waals surface area (Å²) in [4.78, 5) is 11.1. The van der Waals surface area contributed by atoms with E-state index >= 15 is 0 Å². The van der Waals surface area contributed by atoms with Crippen LogP contribution in [-0.2, 0) is 14.8 Å². The first kappa shape index (κ1) is 11.4. The van der Waals surface area contributed by atoms with Gasteiger partial charge < -0.3 is 9.67 Å². The molecule has 0 amide bonds. The molecule has 1 saturated carbocycles. The molecule has 4 heteroatoms. The predicted octanol–water partition coefficient (Wildman–Crippen LogP) is 2.05. The van der Waals surface area contributed by atoms with E-state index in [9.17, 15) is 9.36 Å². The third kappa shape index (κ3) is 1.80. The van der Waals surface area contributed by atoms with Gasteiger partial charge in [0.15, 0.2) is 0 Å². The average molecular weight is 238 g/mol. The number of carboxylic acid groups (broad SMARTS) is 1. The maximum absolute atomic E-state index is 11.8. The molecule has 2 rings (SSSR count). The zero-order valence-corrected chi connectivity index (χ0v) is 10.3. The molecule has 86 valence electrons. The average Bonchev–Trinajstić information content (AvgIpc) is 2.97. The molecule has 3 nitrogen and oxygen atoms in total. The number of hydrogen-bond donors (Lipinski definition) is 1. The van der Waals surface area contributed by atoms with E-state index in [1.165, 1.54) is 0 Å². The molecule has 1 aliphatic carbocycles. The lowest BCUT2D eigenvalue weighted by Gasteiger charge is -2.12. The molecule has 1 aliphatic rings. The van der Waals surface area contributed by atoms with Gasteiger partial charge in [0, 0.05) is 5.30 Å². The Morgan fingerprint density at radius 1 is 1.25 bits per heavy atom. The van der Waals surface area contributed by atoms with Crippen LogP contribution in [0.4, 0.5) is 0 Å². The van der Waals surface area contributed by atoms with Gasteiger partial charge in [0.1, 0.15) is 7.14 Å². The minimum Gasteiger partial charge on any atom is -0.481 e. The standard InChI is InChI=1S/C12H15O3P/c1-16(2,15)10-5-3-9(4-6-10)12(7-8-12)11(13)14/h3-6H,7-8H2,1-2H3,(H,13,14). The number of rotatable bonds is 3. The third-order valence-corrected chi connectivity index (χ3v) is 4.74. The molecule has 1 fully saturated rings. The van der Waals surface area contributed by atoms with Crippen LogP contribution in [0.25, 0.3) is 0 Å². The van der Waals surface area contributed by atoms with Gasteiger partial charge in [0.25, 0.3) is 0 Å². The summed E-state index contributed by atoms with van der Waals surface area (Å²) >= 11 is 0. The van der Waals surface area contributed by atoms with Crippen molar-refractivity contribution >= 4 is 18.4 Å². The quantitative estimate of drug-likeness (QED) is 0.820. The number of carbonyl (C=O) groups is 1. The smallest absolute Gasteiger partial charge is 0.314 e. The van der Waals surface area contributed by atoms with Crippen molar-refractivity contribution in [1.29, 1.82) is 0 Å². The van der Waals surface area contributed by atoms with E-state index < -0.39 is 18.5 Å². The zero-order valence-electron chi connectivity index (χ0n) is 9.43. The Labute approximate surface area is 94.9 Å². The molecule has 0 unspecified atom stereocenters. The van der Waals surface area contributed by atoms with Crippen LogP contribution in [0.2, 0.25) is 0 Å². The third-order valence-electron chi connectivity index (χ3n) is 3.20. The summed E-state index contributed by atoms with van der Waals surface area (Å²) < 4.78 is 11.8. The van der Waals surface area contributed by atoms with Crippen LogP contribution in [0.5, 0.6) is 0 Å². The second-order valence-corrected chi connectivity index (χ2v) is 8.00. The summed E-state index contributed by atoms with van der Waals surface area (Å²) in [6.07, 6.45) is 1.41. The van der Waals surface area contributed by atoms with Gasteiger partial charge in [-0.15, -0.1) is 0 Å². The van der Waals surface area contributed by atoms with E-state index in [-0.39, 0.29) is 0 Å². The Bertz CT molecular complexity index is 466. The topological polar surface area (TPSA) is 54.4 Å². The lowest BCUT2D eigenvalue weighted by Crippen LogP contribution is -2.20. The molecule has 0 atom stereocenters. The van der Waals surface area contributed by atoms with Gasteiger partial charge in [0.05, 0.1) is 5.41 Å². The van der Waals surface area contributed by atoms with Crippen LogP contribution < -0.4 is 5.30 Å². The van der Waals surface area contributed by atoms with E-state index in [4.69, 9.17) is 5.11 Å². The van der Waals surface area contributed by atoms with Crippen LogP contribution in [0.3, 0.4) is 0 Å². The first-order valence-electron chi connectivity index (χ1n) is 5.26. The molecule has 0 bridgehead atoms. The highest BCUT2D eigenvalue weighted by molar-refractivity contribution is 7.70. The molecular formula is C12H15O3P. The molecule has 16 heavy (non-hydrogen) atoms. The molecule has 1 aromatic carbocycles. The molecule has 0 aromatic heterocycles. The number of aliphatic carboxylic acids is 1. The highest BCUT2D eigenvalue weighted by Crippen LogP contribution is 2.48. The maximum atomic E-state index is 11.8. The molecule has 0 radical (unpaired) electrons. The Kier molecular flexibility index (Phi) is 2.47. The largest absolute Gasteiger partial charge is 0.481 e. The van der Waals surface area contributed by atoms with Crippen molar-refractivity contribution in [2.24, 2.45) is 0 Å². The lowest BCUT2D eigenvalue weighted by atomic mass is 9.96. The van der Waals surface area contributed by atoms with Crippen LogP contribution in [-0.4, -0.2) is 24.4 Å². The molecule has 0 saturated heterocycles. The molecule has 0 heterocycles. The molecule has 1 N–H and O–H groups in total. The van der Waals surface area contributed by atoms with Crippen molar-refractivity contribution in [2.45, 2.75) is 18.3 Å². The summed E-state index contributed by atoms with van der Waals surface area (Å²) in [5.74, 6) is -0.753. The first-order valence-corrected chi connectivity index (χ1v) is 7.86. The van der Waals surface area contributed by atoms with E-state index in [2.05, 4.69) is 0 Å². The predicted molar refractivity (Wildman–Crippen MR) is 64.1 cm³/mol. The van der Waals surface area contributed by atoms with Gasteiger partial charge in [0.2, 0.25) is 0 Å². The number of benzene rings is 1. The molecule has 0 spiro atoms. The van der Waals surface area contributed by atoms with Gasteiger partial charge >= 0.3 is 5.97 Å². The molecule has 1 aromatic rings. The Balaban J connectivity index is 2.34. The second-order valence-electron chi connectivity index (χ2n) is 4.78.